The molecule has 0 amide bonds. The van der Waals surface area contributed by atoms with Gasteiger partial charge in [-0.15, -0.1) is 0 Å². The molecule has 0 saturated carbocycles. The van der Waals surface area contributed by atoms with Crippen LogP contribution in [-0.4, -0.2) is 32.0 Å². The van der Waals surface area contributed by atoms with Gasteiger partial charge in [0.05, 0.1) is 18.1 Å². The average Bonchev–Trinajstić information content (AvgIpc) is 2.89. The Morgan fingerprint density at radius 1 is 1.25 bits per heavy atom. The molecule has 100 valence electrons. The number of benzene rings is 1. The number of carboxylic acid groups (broad SMARTS) is 1. The fourth-order valence-corrected chi connectivity index (χ4v) is 1.99. The first kappa shape index (κ1) is 12.2. The highest BCUT2D eigenvalue weighted by atomic mass is 16.4. The lowest BCUT2D eigenvalue weighted by Gasteiger charge is -2.05. The minimum Gasteiger partial charge on any atom is -0.480 e. The van der Waals surface area contributed by atoms with Crippen molar-refractivity contribution in [3.63, 3.8) is 0 Å². The molecule has 0 unspecified atom stereocenters. The Bertz CT molecular complexity index is 749. The van der Waals surface area contributed by atoms with Gasteiger partial charge in [-0.3, -0.25) is 14.2 Å². The molecule has 2 heterocycles. The summed E-state index contributed by atoms with van der Waals surface area (Å²) < 4.78 is 1.95. The molecule has 0 bridgehead atoms. The third-order valence-corrected chi connectivity index (χ3v) is 2.94. The number of carboxylic acids is 1. The minimum atomic E-state index is -0.886. The molecule has 0 fully saturated rings. The van der Waals surface area contributed by atoms with Gasteiger partial charge in [0, 0.05) is 23.6 Å². The van der Waals surface area contributed by atoms with Gasteiger partial charge < -0.3 is 10.4 Å². The van der Waals surface area contributed by atoms with Crippen molar-refractivity contribution in [2.45, 2.75) is 0 Å². The number of hydrogen-bond acceptors (Lipinski definition) is 4. The van der Waals surface area contributed by atoms with E-state index in [4.69, 9.17) is 5.11 Å². The maximum atomic E-state index is 10.5. The lowest BCUT2D eigenvalue weighted by atomic mass is 10.1. The van der Waals surface area contributed by atoms with Crippen LogP contribution in [0.3, 0.4) is 0 Å². The van der Waals surface area contributed by atoms with Gasteiger partial charge in [-0.1, -0.05) is 12.1 Å². The second kappa shape index (κ2) is 5.00. The quantitative estimate of drug-likeness (QED) is 0.755. The number of nitrogens with zero attached hydrogens (tertiary/aromatic N) is 3. The summed E-state index contributed by atoms with van der Waals surface area (Å²) in [6, 6.07) is 7.54. The second-order valence-corrected chi connectivity index (χ2v) is 4.27. The maximum Gasteiger partial charge on any atom is 0.322 e. The number of rotatable bonds is 4. The van der Waals surface area contributed by atoms with E-state index in [0.29, 0.717) is 0 Å². The predicted molar refractivity (Wildman–Crippen MR) is 74.5 cm³/mol. The first-order chi connectivity index (χ1) is 9.74. The van der Waals surface area contributed by atoms with Crippen molar-refractivity contribution >= 4 is 17.3 Å². The number of imidazole rings is 1. The average molecular weight is 268 g/mol. The molecule has 0 aliphatic rings. The molecule has 1 aromatic carbocycles. The topological polar surface area (TPSA) is 79.5 Å². The van der Waals surface area contributed by atoms with Crippen LogP contribution in [0.15, 0.2) is 49.1 Å². The van der Waals surface area contributed by atoms with E-state index in [2.05, 4.69) is 15.3 Å². The number of fused-ring (bicyclic) bond motifs is 1. The smallest absolute Gasteiger partial charge is 0.322 e. The second-order valence-electron chi connectivity index (χ2n) is 4.27. The first-order valence-corrected chi connectivity index (χ1v) is 6.07. The predicted octanol–water partition coefficient (Wildman–Crippen LogP) is 1.89. The summed E-state index contributed by atoms with van der Waals surface area (Å²) >= 11 is 0. The van der Waals surface area contributed by atoms with E-state index in [9.17, 15) is 4.79 Å². The van der Waals surface area contributed by atoms with Crippen LogP contribution in [0.1, 0.15) is 0 Å². The van der Waals surface area contributed by atoms with Gasteiger partial charge in [-0.25, -0.2) is 4.98 Å². The zero-order chi connectivity index (χ0) is 13.9. The highest BCUT2D eigenvalue weighted by molar-refractivity contribution is 5.73. The van der Waals surface area contributed by atoms with Crippen molar-refractivity contribution in [1.82, 2.24) is 14.4 Å². The maximum absolute atomic E-state index is 10.5. The van der Waals surface area contributed by atoms with Crippen molar-refractivity contribution < 1.29 is 9.90 Å². The molecule has 0 atom stereocenters. The van der Waals surface area contributed by atoms with Crippen LogP contribution >= 0.6 is 0 Å². The van der Waals surface area contributed by atoms with Gasteiger partial charge in [0.25, 0.3) is 0 Å². The molecule has 2 N–H and O–H groups in total. The Labute approximate surface area is 114 Å². The van der Waals surface area contributed by atoms with Crippen LogP contribution in [0.5, 0.6) is 0 Å². The largest absolute Gasteiger partial charge is 0.480 e. The van der Waals surface area contributed by atoms with E-state index >= 15 is 0 Å². The van der Waals surface area contributed by atoms with Crippen molar-refractivity contribution in [2.24, 2.45) is 0 Å². The van der Waals surface area contributed by atoms with Crippen LogP contribution in [0.25, 0.3) is 16.9 Å². The van der Waals surface area contributed by atoms with Gasteiger partial charge in [0.2, 0.25) is 0 Å². The molecule has 0 saturated heterocycles. The Kier molecular flexibility index (Phi) is 3.04. The fraction of sp³-hybridized carbons (Fsp3) is 0.0714. The standard InChI is InChI=1S/C14H12N4O2/c19-14(20)9-16-11-3-1-10(2-4-11)12-7-17-13-8-15-5-6-18(12)13/h1-8,16H,9H2,(H,19,20). The summed E-state index contributed by atoms with van der Waals surface area (Å²) in [4.78, 5) is 18.8. The van der Waals surface area contributed by atoms with Gasteiger partial charge in [0.1, 0.15) is 6.54 Å². The zero-order valence-corrected chi connectivity index (χ0v) is 10.5. The Balaban J connectivity index is 1.89. The summed E-state index contributed by atoms with van der Waals surface area (Å²) in [5, 5.41) is 11.4. The minimum absolute atomic E-state index is 0.0966. The third-order valence-electron chi connectivity index (χ3n) is 2.94. The summed E-state index contributed by atoms with van der Waals surface area (Å²) in [5.74, 6) is -0.886. The summed E-state index contributed by atoms with van der Waals surface area (Å²) in [6.07, 6.45) is 7.05. The van der Waals surface area contributed by atoms with Gasteiger partial charge in [-0.05, 0) is 12.1 Å². The number of nitrogens with one attached hydrogen (secondary N) is 1. The van der Waals surface area contributed by atoms with E-state index in [0.717, 1.165) is 22.6 Å². The Morgan fingerprint density at radius 3 is 2.80 bits per heavy atom. The molecule has 20 heavy (non-hydrogen) atoms. The Morgan fingerprint density at radius 2 is 2.05 bits per heavy atom. The van der Waals surface area contributed by atoms with E-state index in [-0.39, 0.29) is 6.54 Å². The molecule has 0 aliphatic carbocycles. The first-order valence-electron chi connectivity index (χ1n) is 6.07. The Hall–Kier alpha value is -2.89. The number of aromatic nitrogens is 3. The van der Waals surface area contributed by atoms with Crippen molar-refractivity contribution in [3.8, 4) is 11.3 Å². The summed E-state index contributed by atoms with van der Waals surface area (Å²) in [5.41, 5.74) is 3.53. The normalized spacial score (nSPS) is 10.6. The molecular weight excluding hydrogens is 256 g/mol. The van der Waals surface area contributed by atoms with E-state index in [1.165, 1.54) is 0 Å². The number of aliphatic carboxylic acids is 1. The third kappa shape index (κ3) is 2.31. The summed E-state index contributed by atoms with van der Waals surface area (Å²) in [7, 11) is 0. The molecule has 6 heteroatoms. The number of carbonyl (C=O) groups is 1. The van der Waals surface area contributed by atoms with Crippen LogP contribution in [0.2, 0.25) is 0 Å². The van der Waals surface area contributed by atoms with Gasteiger partial charge in [-0.2, -0.15) is 0 Å². The van der Waals surface area contributed by atoms with Crippen molar-refractivity contribution in [1.29, 1.82) is 0 Å². The molecule has 0 radical (unpaired) electrons. The number of anilines is 1. The molecule has 2 aromatic heterocycles. The van der Waals surface area contributed by atoms with Crippen LogP contribution in [-0.2, 0) is 4.79 Å². The lowest BCUT2D eigenvalue weighted by molar-refractivity contribution is -0.134. The van der Waals surface area contributed by atoms with E-state index in [1.54, 1.807) is 18.6 Å². The van der Waals surface area contributed by atoms with Crippen LogP contribution in [0.4, 0.5) is 5.69 Å². The molecule has 3 rings (SSSR count). The molecule has 3 aromatic rings. The summed E-state index contributed by atoms with van der Waals surface area (Å²) in [6.45, 7) is -0.0966. The monoisotopic (exact) mass is 268 g/mol. The lowest BCUT2D eigenvalue weighted by Crippen LogP contribution is -2.11. The highest BCUT2D eigenvalue weighted by Gasteiger charge is 2.05. The van der Waals surface area contributed by atoms with Crippen molar-refractivity contribution in [3.05, 3.63) is 49.1 Å². The van der Waals surface area contributed by atoms with Gasteiger partial charge in [0.15, 0.2) is 5.65 Å². The SMILES string of the molecule is O=C(O)CNc1ccc(-c2cnc3cnccn23)cc1. The van der Waals surface area contributed by atoms with E-state index < -0.39 is 5.97 Å². The highest BCUT2D eigenvalue weighted by Crippen LogP contribution is 2.22. The molecular formula is C14H12N4O2. The van der Waals surface area contributed by atoms with Gasteiger partial charge >= 0.3 is 5.97 Å². The molecule has 0 spiro atoms. The fourth-order valence-electron chi connectivity index (χ4n) is 1.99. The van der Waals surface area contributed by atoms with E-state index in [1.807, 2.05) is 34.9 Å². The molecule has 0 aliphatic heterocycles. The van der Waals surface area contributed by atoms with Crippen molar-refractivity contribution in [2.75, 3.05) is 11.9 Å². The van der Waals surface area contributed by atoms with Crippen LogP contribution in [0, 0.1) is 0 Å². The van der Waals surface area contributed by atoms with Crippen LogP contribution < -0.4 is 5.32 Å². The molecule has 6 nitrogen and oxygen atoms in total. The number of hydrogen-bond donors (Lipinski definition) is 2. The zero-order valence-electron chi connectivity index (χ0n) is 10.5.